The van der Waals surface area contributed by atoms with Gasteiger partial charge in [0, 0.05) is 36.2 Å². The molecule has 0 bridgehead atoms. The average molecular weight is 444 g/mol. The molecule has 9 nitrogen and oxygen atoms in total. The van der Waals surface area contributed by atoms with E-state index in [2.05, 4.69) is 5.32 Å². The summed E-state index contributed by atoms with van der Waals surface area (Å²) in [5.41, 5.74) is 12.7. The Bertz CT molecular complexity index is 1140. The summed E-state index contributed by atoms with van der Waals surface area (Å²) in [4.78, 5) is 26.7. The van der Waals surface area contributed by atoms with Crippen molar-refractivity contribution in [2.45, 2.75) is 23.7 Å². The number of amides is 2. The maximum atomic E-state index is 12.7. The third-order valence-corrected chi connectivity index (χ3v) is 6.43. The van der Waals surface area contributed by atoms with E-state index in [9.17, 15) is 18.0 Å². The first kappa shape index (κ1) is 22.3. The number of sulfone groups is 1. The highest BCUT2D eigenvalue weighted by molar-refractivity contribution is 7.90. The van der Waals surface area contributed by atoms with Crippen LogP contribution in [0.25, 0.3) is 0 Å². The van der Waals surface area contributed by atoms with Gasteiger partial charge in [-0.15, -0.1) is 0 Å². The van der Waals surface area contributed by atoms with E-state index in [1.807, 2.05) is 0 Å². The minimum Gasteiger partial charge on any atom is -0.399 e. The van der Waals surface area contributed by atoms with Crippen LogP contribution in [0.2, 0.25) is 0 Å². The SMILES string of the molecule is CS(=O)(=O)c1cc(C(=O)NC(=N)N)ccc1C1CCN(C(=O)c2cccc(N)c2)CC1. The van der Waals surface area contributed by atoms with E-state index >= 15 is 0 Å². The number of anilines is 1. The lowest BCUT2D eigenvalue weighted by molar-refractivity contribution is 0.0712. The Kier molecular flexibility index (Phi) is 6.30. The van der Waals surface area contributed by atoms with Crippen LogP contribution in [0.4, 0.5) is 5.69 Å². The second-order valence-electron chi connectivity index (χ2n) is 7.58. The summed E-state index contributed by atoms with van der Waals surface area (Å²) in [6.45, 7) is 0.960. The Morgan fingerprint density at radius 3 is 2.35 bits per heavy atom. The summed E-state index contributed by atoms with van der Waals surface area (Å²) < 4.78 is 24.8. The molecule has 2 aromatic rings. The Labute approximate surface area is 180 Å². The van der Waals surface area contributed by atoms with E-state index in [0.29, 0.717) is 42.7 Å². The number of nitrogens with two attached hydrogens (primary N) is 2. The van der Waals surface area contributed by atoms with Gasteiger partial charge in [-0.2, -0.15) is 0 Å². The molecule has 0 spiro atoms. The van der Waals surface area contributed by atoms with Gasteiger partial charge in [0.2, 0.25) is 0 Å². The Morgan fingerprint density at radius 1 is 1.10 bits per heavy atom. The molecule has 6 N–H and O–H groups in total. The molecule has 2 amide bonds. The fourth-order valence-electron chi connectivity index (χ4n) is 3.78. The van der Waals surface area contributed by atoms with Crippen LogP contribution in [0, 0.1) is 5.41 Å². The number of piperidine rings is 1. The highest BCUT2D eigenvalue weighted by atomic mass is 32.2. The lowest BCUT2D eigenvalue weighted by Crippen LogP contribution is -2.38. The molecule has 164 valence electrons. The van der Waals surface area contributed by atoms with Crippen molar-refractivity contribution in [2.24, 2.45) is 5.73 Å². The van der Waals surface area contributed by atoms with Crippen LogP contribution in [0.15, 0.2) is 47.4 Å². The van der Waals surface area contributed by atoms with Crippen molar-refractivity contribution in [2.75, 3.05) is 25.1 Å². The number of guanidine groups is 1. The van der Waals surface area contributed by atoms with Crippen molar-refractivity contribution >= 4 is 33.3 Å². The minimum atomic E-state index is -3.60. The zero-order valence-electron chi connectivity index (χ0n) is 17.1. The molecule has 0 aliphatic carbocycles. The number of rotatable bonds is 4. The summed E-state index contributed by atoms with van der Waals surface area (Å²) in [5.74, 6) is -1.34. The lowest BCUT2D eigenvalue weighted by atomic mass is 9.88. The number of hydrogen-bond acceptors (Lipinski definition) is 6. The van der Waals surface area contributed by atoms with E-state index in [1.54, 1.807) is 35.2 Å². The fourth-order valence-corrected chi connectivity index (χ4v) is 4.78. The first-order chi connectivity index (χ1) is 14.6. The van der Waals surface area contributed by atoms with Gasteiger partial charge in [0.25, 0.3) is 11.8 Å². The largest absolute Gasteiger partial charge is 0.399 e. The molecule has 0 aromatic heterocycles. The second-order valence-corrected chi connectivity index (χ2v) is 9.57. The molecule has 10 heteroatoms. The van der Waals surface area contributed by atoms with E-state index < -0.39 is 21.7 Å². The summed E-state index contributed by atoms with van der Waals surface area (Å²) in [7, 11) is -3.60. The van der Waals surface area contributed by atoms with Crippen molar-refractivity contribution in [3.05, 3.63) is 59.2 Å². The maximum absolute atomic E-state index is 12.7. The molecular weight excluding hydrogens is 418 g/mol. The Morgan fingerprint density at radius 2 is 1.77 bits per heavy atom. The molecule has 0 atom stereocenters. The van der Waals surface area contributed by atoms with Gasteiger partial charge in [0.15, 0.2) is 15.8 Å². The quantitative estimate of drug-likeness (QED) is 0.317. The van der Waals surface area contributed by atoms with Crippen molar-refractivity contribution in [3.8, 4) is 0 Å². The number of carbonyl (C=O) groups excluding carboxylic acids is 2. The van der Waals surface area contributed by atoms with Crippen molar-refractivity contribution in [1.82, 2.24) is 10.2 Å². The number of hydrogen-bond donors (Lipinski definition) is 4. The van der Waals surface area contributed by atoms with Crippen LogP contribution in [-0.4, -0.2) is 50.4 Å². The molecule has 1 saturated heterocycles. The molecule has 1 aliphatic rings. The summed E-state index contributed by atoms with van der Waals surface area (Å²) in [5, 5.41) is 9.32. The van der Waals surface area contributed by atoms with Gasteiger partial charge in [0.05, 0.1) is 4.90 Å². The van der Waals surface area contributed by atoms with Crippen LogP contribution < -0.4 is 16.8 Å². The topological polar surface area (TPSA) is 159 Å². The van der Waals surface area contributed by atoms with E-state index in [1.165, 1.54) is 12.1 Å². The van der Waals surface area contributed by atoms with E-state index in [-0.39, 0.29) is 22.3 Å². The molecule has 2 aromatic carbocycles. The van der Waals surface area contributed by atoms with Crippen molar-refractivity contribution in [1.29, 1.82) is 5.41 Å². The number of benzene rings is 2. The van der Waals surface area contributed by atoms with Gasteiger partial charge in [-0.1, -0.05) is 12.1 Å². The monoisotopic (exact) mass is 443 g/mol. The van der Waals surface area contributed by atoms with Gasteiger partial charge < -0.3 is 16.4 Å². The summed E-state index contributed by atoms with van der Waals surface area (Å²) in [6, 6.07) is 11.3. The molecule has 0 radical (unpaired) electrons. The molecule has 31 heavy (non-hydrogen) atoms. The number of nitrogens with one attached hydrogen (secondary N) is 2. The molecule has 0 saturated carbocycles. The number of likely N-dealkylation sites (tertiary alicyclic amines) is 1. The molecule has 1 aliphatic heterocycles. The van der Waals surface area contributed by atoms with Crippen molar-refractivity contribution < 1.29 is 18.0 Å². The van der Waals surface area contributed by atoms with Crippen LogP contribution in [-0.2, 0) is 9.84 Å². The smallest absolute Gasteiger partial charge is 0.257 e. The molecule has 3 rings (SSSR count). The zero-order valence-corrected chi connectivity index (χ0v) is 17.9. The molecule has 1 fully saturated rings. The fraction of sp³-hybridized carbons (Fsp3) is 0.286. The number of nitrogen functional groups attached to an aromatic ring is 1. The first-order valence-electron chi connectivity index (χ1n) is 9.70. The standard InChI is InChI=1S/C21H25N5O4S/c1-31(29,30)18-12-14(19(27)25-21(23)24)5-6-17(18)13-7-9-26(10-8-13)20(28)15-3-2-4-16(22)11-15/h2-6,11-13H,7-10,22H2,1H3,(H4,23,24,25,27). The van der Waals surface area contributed by atoms with E-state index in [0.717, 1.165) is 6.26 Å². The molecular formula is C21H25N5O4S. The van der Waals surface area contributed by atoms with Crippen molar-refractivity contribution in [3.63, 3.8) is 0 Å². The lowest BCUT2D eigenvalue weighted by Gasteiger charge is -2.33. The van der Waals surface area contributed by atoms with Crippen LogP contribution in [0.5, 0.6) is 0 Å². The summed E-state index contributed by atoms with van der Waals surface area (Å²) >= 11 is 0. The van der Waals surface area contributed by atoms with Gasteiger partial charge in [-0.3, -0.25) is 20.3 Å². The first-order valence-corrected chi connectivity index (χ1v) is 11.6. The van der Waals surface area contributed by atoms with Gasteiger partial charge in [0.1, 0.15) is 0 Å². The molecule has 1 heterocycles. The Balaban J connectivity index is 1.80. The average Bonchev–Trinajstić information content (AvgIpc) is 2.72. The third kappa shape index (κ3) is 5.21. The van der Waals surface area contributed by atoms with Crippen LogP contribution >= 0.6 is 0 Å². The number of nitrogens with zero attached hydrogens (tertiary/aromatic N) is 1. The minimum absolute atomic E-state index is 0.0699. The maximum Gasteiger partial charge on any atom is 0.257 e. The normalized spacial score (nSPS) is 14.8. The van der Waals surface area contributed by atoms with E-state index in [4.69, 9.17) is 16.9 Å². The summed E-state index contributed by atoms with van der Waals surface area (Å²) in [6.07, 6.45) is 2.28. The van der Waals surface area contributed by atoms with Gasteiger partial charge in [-0.25, -0.2) is 8.42 Å². The third-order valence-electron chi connectivity index (χ3n) is 5.28. The van der Waals surface area contributed by atoms with Crippen LogP contribution in [0.1, 0.15) is 45.0 Å². The number of carbonyl (C=O) groups is 2. The zero-order chi connectivity index (χ0) is 22.8. The highest BCUT2D eigenvalue weighted by Gasteiger charge is 2.28. The molecule has 0 unspecified atom stereocenters. The predicted octanol–water partition coefficient (Wildman–Crippen LogP) is 1.32. The van der Waals surface area contributed by atoms with Gasteiger partial charge >= 0.3 is 0 Å². The second kappa shape index (κ2) is 8.76. The predicted molar refractivity (Wildman–Crippen MR) is 118 cm³/mol. The highest BCUT2D eigenvalue weighted by Crippen LogP contribution is 2.33. The Hall–Kier alpha value is -3.40. The van der Waals surface area contributed by atoms with Crippen LogP contribution in [0.3, 0.4) is 0 Å². The van der Waals surface area contributed by atoms with Gasteiger partial charge in [-0.05, 0) is 54.7 Å².